The summed E-state index contributed by atoms with van der Waals surface area (Å²) in [6.07, 6.45) is 3.51. The summed E-state index contributed by atoms with van der Waals surface area (Å²) >= 11 is 0. The molecule has 0 spiro atoms. The Morgan fingerprint density at radius 3 is 2.79 bits per heavy atom. The van der Waals surface area contributed by atoms with Crippen LogP contribution in [0.3, 0.4) is 0 Å². The summed E-state index contributed by atoms with van der Waals surface area (Å²) in [5, 5.41) is 12.3. The van der Waals surface area contributed by atoms with E-state index in [4.69, 9.17) is 9.47 Å². The maximum atomic E-state index is 12.8. The molecule has 0 saturated heterocycles. The number of hydrogen-bond donors (Lipinski definition) is 1. The Balaban J connectivity index is 2.20. The summed E-state index contributed by atoms with van der Waals surface area (Å²) in [4.78, 5) is 12.8. The van der Waals surface area contributed by atoms with Gasteiger partial charge in [0, 0.05) is 13.2 Å². The van der Waals surface area contributed by atoms with Crippen LogP contribution in [-0.4, -0.2) is 24.7 Å². The summed E-state index contributed by atoms with van der Waals surface area (Å²) in [7, 11) is 1.59. The van der Waals surface area contributed by atoms with E-state index in [1.165, 1.54) is 0 Å². The Morgan fingerprint density at radius 2 is 2.21 bits per heavy atom. The number of amides is 1. The molecule has 0 heterocycles. The van der Waals surface area contributed by atoms with Gasteiger partial charge in [0.15, 0.2) is 0 Å². The molecule has 5 heteroatoms. The van der Waals surface area contributed by atoms with Crippen molar-refractivity contribution < 1.29 is 14.3 Å². The van der Waals surface area contributed by atoms with Gasteiger partial charge in [0.25, 0.3) is 5.91 Å². The van der Waals surface area contributed by atoms with E-state index >= 15 is 0 Å². The predicted octanol–water partition coefficient (Wildman–Crippen LogP) is 3.88. The number of rotatable bonds is 5. The summed E-state index contributed by atoms with van der Waals surface area (Å²) < 4.78 is 11.2. The minimum atomic E-state index is -0.808. The average molecular weight is 330 g/mol. The van der Waals surface area contributed by atoms with Crippen LogP contribution in [0.2, 0.25) is 0 Å². The van der Waals surface area contributed by atoms with Crippen LogP contribution in [0.15, 0.2) is 18.2 Å². The molecule has 0 unspecified atom stereocenters. The van der Waals surface area contributed by atoms with Crippen molar-refractivity contribution >= 4 is 11.6 Å². The van der Waals surface area contributed by atoms with Crippen molar-refractivity contribution in [3.63, 3.8) is 0 Å². The molecule has 0 aliphatic heterocycles. The van der Waals surface area contributed by atoms with E-state index in [9.17, 15) is 10.1 Å². The largest absolute Gasteiger partial charge is 0.491 e. The molecule has 2 rings (SSSR count). The number of carbonyl (C=O) groups is 1. The molecule has 1 aliphatic rings. The highest BCUT2D eigenvalue weighted by Gasteiger charge is 2.42. The monoisotopic (exact) mass is 330 g/mol. The number of methoxy groups -OCH3 is 1. The SMILES string of the molecule is CO[C@@]1(C(=O)Nc2ccc(OC(C)C)cc2C#N)CCC[C@H](C)C1. The van der Waals surface area contributed by atoms with Crippen LogP contribution in [0.5, 0.6) is 5.75 Å². The molecule has 130 valence electrons. The van der Waals surface area contributed by atoms with Crippen molar-refractivity contribution in [3.8, 4) is 11.8 Å². The van der Waals surface area contributed by atoms with Crippen molar-refractivity contribution in [1.29, 1.82) is 5.26 Å². The highest BCUT2D eigenvalue weighted by atomic mass is 16.5. The quantitative estimate of drug-likeness (QED) is 0.889. The normalized spacial score (nSPS) is 23.6. The smallest absolute Gasteiger partial charge is 0.256 e. The molecule has 0 radical (unpaired) electrons. The Morgan fingerprint density at radius 1 is 1.46 bits per heavy atom. The molecule has 1 aromatic rings. The van der Waals surface area contributed by atoms with Crippen LogP contribution < -0.4 is 10.1 Å². The Labute approximate surface area is 144 Å². The molecule has 1 saturated carbocycles. The Bertz CT molecular complexity index is 636. The van der Waals surface area contributed by atoms with Crippen LogP contribution in [0.1, 0.15) is 52.0 Å². The van der Waals surface area contributed by atoms with Crippen LogP contribution in [0.4, 0.5) is 5.69 Å². The number of anilines is 1. The lowest BCUT2D eigenvalue weighted by molar-refractivity contribution is -0.143. The first-order valence-corrected chi connectivity index (χ1v) is 8.47. The second-order valence-corrected chi connectivity index (χ2v) is 6.84. The fourth-order valence-electron chi connectivity index (χ4n) is 3.29. The van der Waals surface area contributed by atoms with E-state index < -0.39 is 5.60 Å². The van der Waals surface area contributed by atoms with E-state index in [-0.39, 0.29) is 12.0 Å². The van der Waals surface area contributed by atoms with Gasteiger partial charge in [-0.05, 0) is 51.2 Å². The van der Waals surface area contributed by atoms with Crippen LogP contribution in [-0.2, 0) is 9.53 Å². The van der Waals surface area contributed by atoms with Gasteiger partial charge in [0.1, 0.15) is 17.4 Å². The highest BCUT2D eigenvalue weighted by molar-refractivity contribution is 5.98. The number of nitrogens with zero attached hydrogens (tertiary/aromatic N) is 1. The molecule has 1 amide bonds. The van der Waals surface area contributed by atoms with Gasteiger partial charge in [-0.2, -0.15) is 5.26 Å². The zero-order valence-corrected chi connectivity index (χ0v) is 14.9. The molecular weight excluding hydrogens is 304 g/mol. The standard InChI is InChI=1S/C19H26N2O3/c1-13(2)24-16-7-8-17(15(10-16)12-20)21-18(22)19(23-4)9-5-6-14(3)11-19/h7-8,10,13-14H,5-6,9,11H2,1-4H3,(H,21,22)/t14-,19-/m0/s1. The average Bonchev–Trinajstić information content (AvgIpc) is 2.55. The summed E-state index contributed by atoms with van der Waals surface area (Å²) in [6.45, 7) is 5.99. The lowest BCUT2D eigenvalue weighted by atomic mass is 9.78. The van der Waals surface area contributed by atoms with Crippen molar-refractivity contribution in [2.24, 2.45) is 5.92 Å². The molecule has 0 bridgehead atoms. The van der Waals surface area contributed by atoms with Gasteiger partial charge in [0.05, 0.1) is 17.4 Å². The Hall–Kier alpha value is -2.06. The zero-order valence-electron chi connectivity index (χ0n) is 14.9. The molecule has 2 atom stereocenters. The molecular formula is C19H26N2O3. The number of hydrogen-bond acceptors (Lipinski definition) is 4. The third kappa shape index (κ3) is 4.07. The summed E-state index contributed by atoms with van der Waals surface area (Å²) in [5.74, 6) is 0.888. The first kappa shape index (κ1) is 18.3. The van der Waals surface area contributed by atoms with Gasteiger partial charge in [-0.15, -0.1) is 0 Å². The summed E-state index contributed by atoms with van der Waals surface area (Å²) in [6, 6.07) is 7.25. The van der Waals surface area contributed by atoms with Crippen molar-refractivity contribution in [1.82, 2.24) is 0 Å². The number of carbonyl (C=O) groups excluding carboxylic acids is 1. The minimum absolute atomic E-state index is 0.0254. The maximum absolute atomic E-state index is 12.8. The van der Waals surface area contributed by atoms with Crippen LogP contribution in [0, 0.1) is 17.2 Å². The molecule has 1 N–H and O–H groups in total. The molecule has 1 aromatic carbocycles. The minimum Gasteiger partial charge on any atom is -0.491 e. The van der Waals surface area contributed by atoms with Crippen molar-refractivity contribution in [2.75, 3.05) is 12.4 Å². The van der Waals surface area contributed by atoms with Gasteiger partial charge in [0.2, 0.25) is 0 Å². The van der Waals surface area contributed by atoms with Gasteiger partial charge in [-0.3, -0.25) is 4.79 Å². The second kappa shape index (κ2) is 7.67. The molecule has 5 nitrogen and oxygen atoms in total. The first-order valence-electron chi connectivity index (χ1n) is 8.47. The van der Waals surface area contributed by atoms with Gasteiger partial charge in [-0.1, -0.05) is 13.3 Å². The maximum Gasteiger partial charge on any atom is 0.256 e. The third-order valence-electron chi connectivity index (χ3n) is 4.49. The number of benzene rings is 1. The summed E-state index contributed by atoms with van der Waals surface area (Å²) in [5.41, 5.74) is 0.0715. The lowest BCUT2D eigenvalue weighted by Crippen LogP contribution is -2.48. The highest BCUT2D eigenvalue weighted by Crippen LogP contribution is 2.36. The van der Waals surface area contributed by atoms with E-state index in [2.05, 4.69) is 18.3 Å². The number of nitriles is 1. The van der Waals surface area contributed by atoms with Gasteiger partial charge in [-0.25, -0.2) is 0 Å². The van der Waals surface area contributed by atoms with Crippen molar-refractivity contribution in [3.05, 3.63) is 23.8 Å². The number of nitrogens with one attached hydrogen (secondary N) is 1. The van der Waals surface area contributed by atoms with Crippen LogP contribution >= 0.6 is 0 Å². The van der Waals surface area contributed by atoms with Gasteiger partial charge >= 0.3 is 0 Å². The Kier molecular flexibility index (Phi) is 5.84. The lowest BCUT2D eigenvalue weighted by Gasteiger charge is -2.37. The zero-order chi connectivity index (χ0) is 17.7. The van der Waals surface area contributed by atoms with E-state index in [1.807, 2.05) is 13.8 Å². The van der Waals surface area contributed by atoms with Crippen molar-refractivity contribution in [2.45, 2.75) is 58.2 Å². The molecule has 24 heavy (non-hydrogen) atoms. The predicted molar refractivity (Wildman–Crippen MR) is 92.9 cm³/mol. The van der Waals surface area contributed by atoms with E-state index in [0.717, 1.165) is 12.8 Å². The van der Waals surface area contributed by atoms with E-state index in [0.29, 0.717) is 35.8 Å². The fourth-order valence-corrected chi connectivity index (χ4v) is 3.29. The molecule has 1 fully saturated rings. The third-order valence-corrected chi connectivity index (χ3v) is 4.49. The van der Waals surface area contributed by atoms with Crippen LogP contribution in [0.25, 0.3) is 0 Å². The van der Waals surface area contributed by atoms with E-state index in [1.54, 1.807) is 25.3 Å². The molecule has 0 aromatic heterocycles. The van der Waals surface area contributed by atoms with Gasteiger partial charge < -0.3 is 14.8 Å². The first-order chi connectivity index (χ1) is 11.4. The molecule has 1 aliphatic carbocycles. The topological polar surface area (TPSA) is 71.3 Å². The second-order valence-electron chi connectivity index (χ2n) is 6.84. The fraction of sp³-hybridized carbons (Fsp3) is 0.579. The number of ether oxygens (including phenoxy) is 2.